The van der Waals surface area contributed by atoms with Crippen LogP contribution in [-0.2, 0) is 4.79 Å². The zero-order chi connectivity index (χ0) is 18.6. The zero-order valence-electron chi connectivity index (χ0n) is 14.2. The molecule has 0 radical (unpaired) electrons. The highest BCUT2D eigenvalue weighted by molar-refractivity contribution is 8.00. The van der Waals surface area contributed by atoms with E-state index in [2.05, 4.69) is 15.3 Å². The van der Waals surface area contributed by atoms with Crippen molar-refractivity contribution in [2.75, 3.05) is 5.32 Å². The lowest BCUT2D eigenvalue weighted by Crippen LogP contribution is -2.19. The van der Waals surface area contributed by atoms with Gasteiger partial charge in [0.05, 0.1) is 11.0 Å². The summed E-state index contributed by atoms with van der Waals surface area (Å²) in [6.45, 7) is 0. The van der Waals surface area contributed by atoms with Gasteiger partial charge < -0.3 is 10.3 Å². The van der Waals surface area contributed by atoms with E-state index in [4.69, 9.17) is 0 Å². The molecule has 1 aromatic heterocycles. The molecule has 4 nitrogen and oxygen atoms in total. The second kappa shape index (κ2) is 7.63. The number of nitrogens with zero attached hydrogens (tertiary/aromatic N) is 1. The highest BCUT2D eigenvalue weighted by atomic mass is 32.2. The van der Waals surface area contributed by atoms with Gasteiger partial charge in [0.1, 0.15) is 11.1 Å². The predicted octanol–water partition coefficient (Wildman–Crippen LogP) is 5.17. The molecule has 1 amide bonds. The Hall–Kier alpha value is -3.12. The number of hydrogen-bond acceptors (Lipinski definition) is 3. The van der Waals surface area contributed by atoms with E-state index in [-0.39, 0.29) is 11.7 Å². The van der Waals surface area contributed by atoms with Gasteiger partial charge in [0.25, 0.3) is 0 Å². The first-order valence-electron chi connectivity index (χ1n) is 8.42. The fourth-order valence-electron chi connectivity index (χ4n) is 2.74. The van der Waals surface area contributed by atoms with Crippen molar-refractivity contribution in [3.05, 3.63) is 90.2 Å². The predicted molar refractivity (Wildman–Crippen MR) is 106 cm³/mol. The SMILES string of the molecule is O=C(Nc1ccc(F)cc1)[C@H](Sc1nc2ccccc2[nH]1)c1ccccc1. The first-order chi connectivity index (χ1) is 13.2. The monoisotopic (exact) mass is 377 g/mol. The number of nitrogens with one attached hydrogen (secondary N) is 2. The molecular weight excluding hydrogens is 361 g/mol. The molecular formula is C21H16FN3OS. The molecule has 0 spiro atoms. The van der Waals surface area contributed by atoms with E-state index in [0.717, 1.165) is 16.6 Å². The van der Waals surface area contributed by atoms with E-state index < -0.39 is 5.25 Å². The Labute approximate surface area is 159 Å². The number of halogens is 1. The van der Waals surface area contributed by atoms with Gasteiger partial charge >= 0.3 is 0 Å². The van der Waals surface area contributed by atoms with Crippen LogP contribution in [0.15, 0.2) is 84.0 Å². The Morgan fingerprint density at radius 1 is 0.963 bits per heavy atom. The first kappa shape index (κ1) is 17.3. The van der Waals surface area contributed by atoms with Gasteiger partial charge in [-0.25, -0.2) is 9.37 Å². The van der Waals surface area contributed by atoms with E-state index in [9.17, 15) is 9.18 Å². The summed E-state index contributed by atoms with van der Waals surface area (Å²) < 4.78 is 13.1. The fraction of sp³-hybridized carbons (Fsp3) is 0.0476. The van der Waals surface area contributed by atoms with E-state index in [1.807, 2.05) is 54.6 Å². The molecule has 0 fully saturated rings. The Balaban J connectivity index is 1.62. The van der Waals surface area contributed by atoms with E-state index >= 15 is 0 Å². The van der Waals surface area contributed by atoms with Crippen LogP contribution in [0.25, 0.3) is 11.0 Å². The lowest BCUT2D eigenvalue weighted by atomic mass is 10.1. The number of aromatic nitrogens is 2. The molecule has 2 N–H and O–H groups in total. The van der Waals surface area contributed by atoms with Crippen LogP contribution >= 0.6 is 11.8 Å². The lowest BCUT2D eigenvalue weighted by molar-refractivity contribution is -0.115. The highest BCUT2D eigenvalue weighted by Crippen LogP contribution is 2.35. The number of anilines is 1. The number of aromatic amines is 1. The molecule has 1 atom stereocenters. The van der Waals surface area contributed by atoms with Gasteiger partial charge in [-0.15, -0.1) is 0 Å². The minimum Gasteiger partial charge on any atom is -0.333 e. The average molecular weight is 377 g/mol. The number of hydrogen-bond donors (Lipinski definition) is 2. The van der Waals surface area contributed by atoms with E-state index in [1.54, 1.807) is 12.1 Å². The Kier molecular flexibility index (Phi) is 4.89. The topological polar surface area (TPSA) is 57.8 Å². The number of carbonyl (C=O) groups excluding carboxylic acids is 1. The molecule has 134 valence electrons. The molecule has 3 aromatic carbocycles. The van der Waals surface area contributed by atoms with Crippen molar-refractivity contribution in [1.82, 2.24) is 9.97 Å². The number of para-hydroxylation sites is 2. The van der Waals surface area contributed by atoms with Crippen molar-refractivity contribution in [1.29, 1.82) is 0 Å². The number of amides is 1. The molecule has 0 saturated heterocycles. The van der Waals surface area contributed by atoms with Crippen LogP contribution in [0.4, 0.5) is 10.1 Å². The van der Waals surface area contributed by atoms with Crippen LogP contribution in [0, 0.1) is 5.82 Å². The summed E-state index contributed by atoms with van der Waals surface area (Å²) in [7, 11) is 0. The maximum atomic E-state index is 13.1. The number of carbonyl (C=O) groups is 1. The van der Waals surface area contributed by atoms with Crippen LogP contribution in [-0.4, -0.2) is 15.9 Å². The summed E-state index contributed by atoms with van der Waals surface area (Å²) in [5.74, 6) is -0.539. The number of fused-ring (bicyclic) bond motifs is 1. The molecule has 0 aliphatic rings. The van der Waals surface area contributed by atoms with Gasteiger partial charge in [0.15, 0.2) is 5.16 Å². The van der Waals surface area contributed by atoms with Gasteiger partial charge in [0, 0.05) is 5.69 Å². The van der Waals surface area contributed by atoms with Gasteiger partial charge in [-0.1, -0.05) is 54.2 Å². The summed E-state index contributed by atoms with van der Waals surface area (Å²) in [6.07, 6.45) is 0. The molecule has 0 aliphatic carbocycles. The van der Waals surface area contributed by atoms with Crippen molar-refractivity contribution >= 4 is 34.4 Å². The minimum atomic E-state index is -0.503. The maximum Gasteiger partial charge on any atom is 0.242 e. The number of benzene rings is 3. The summed E-state index contributed by atoms with van der Waals surface area (Å²) in [4.78, 5) is 20.8. The van der Waals surface area contributed by atoms with Crippen LogP contribution in [0.3, 0.4) is 0 Å². The molecule has 1 heterocycles. The smallest absolute Gasteiger partial charge is 0.242 e. The normalized spacial score (nSPS) is 12.0. The Morgan fingerprint density at radius 2 is 1.67 bits per heavy atom. The van der Waals surface area contributed by atoms with Crippen molar-refractivity contribution in [3.63, 3.8) is 0 Å². The third kappa shape index (κ3) is 4.01. The van der Waals surface area contributed by atoms with Crippen molar-refractivity contribution in [2.24, 2.45) is 0 Å². The molecule has 27 heavy (non-hydrogen) atoms. The van der Waals surface area contributed by atoms with E-state index in [0.29, 0.717) is 10.8 Å². The maximum absolute atomic E-state index is 13.1. The molecule has 4 rings (SSSR count). The second-order valence-corrected chi connectivity index (χ2v) is 7.06. The fourth-order valence-corrected chi connectivity index (χ4v) is 3.74. The van der Waals surface area contributed by atoms with Crippen LogP contribution in [0.5, 0.6) is 0 Å². The van der Waals surface area contributed by atoms with Crippen LogP contribution in [0.2, 0.25) is 0 Å². The Morgan fingerprint density at radius 3 is 2.41 bits per heavy atom. The third-order valence-corrected chi connectivity index (χ3v) is 5.19. The van der Waals surface area contributed by atoms with Gasteiger partial charge in [-0.3, -0.25) is 4.79 Å². The minimum absolute atomic E-state index is 0.196. The average Bonchev–Trinajstić information content (AvgIpc) is 3.11. The largest absolute Gasteiger partial charge is 0.333 e. The molecule has 4 aromatic rings. The summed E-state index contributed by atoms with van der Waals surface area (Å²) >= 11 is 1.35. The molecule has 0 bridgehead atoms. The van der Waals surface area contributed by atoms with Crippen molar-refractivity contribution in [2.45, 2.75) is 10.4 Å². The van der Waals surface area contributed by atoms with Gasteiger partial charge in [-0.2, -0.15) is 0 Å². The van der Waals surface area contributed by atoms with Gasteiger partial charge in [0.2, 0.25) is 5.91 Å². The molecule has 0 unspecified atom stereocenters. The standard InChI is InChI=1S/C21H16FN3OS/c22-15-10-12-16(13-11-15)23-20(26)19(14-6-2-1-3-7-14)27-21-24-17-8-4-5-9-18(17)25-21/h1-13,19H,(H,23,26)(H,24,25)/t19-/m1/s1. The molecule has 0 aliphatic heterocycles. The molecule has 6 heteroatoms. The summed E-state index contributed by atoms with van der Waals surface area (Å²) in [5.41, 5.74) is 3.19. The van der Waals surface area contributed by atoms with Crippen LogP contribution in [0.1, 0.15) is 10.8 Å². The van der Waals surface area contributed by atoms with Crippen LogP contribution < -0.4 is 5.32 Å². The number of rotatable bonds is 5. The van der Waals surface area contributed by atoms with Gasteiger partial charge in [-0.05, 0) is 42.0 Å². The van der Waals surface area contributed by atoms with Crippen molar-refractivity contribution < 1.29 is 9.18 Å². The zero-order valence-corrected chi connectivity index (χ0v) is 15.0. The molecule has 0 saturated carbocycles. The quantitative estimate of drug-likeness (QED) is 0.472. The number of H-pyrrole nitrogens is 1. The Bertz CT molecular complexity index is 1030. The summed E-state index contributed by atoms with van der Waals surface area (Å²) in [6, 6.07) is 23.0. The van der Waals surface area contributed by atoms with Crippen molar-refractivity contribution in [3.8, 4) is 0 Å². The second-order valence-electron chi connectivity index (χ2n) is 5.96. The summed E-state index contributed by atoms with van der Waals surface area (Å²) in [5, 5.41) is 3.02. The third-order valence-electron chi connectivity index (χ3n) is 4.05. The number of thioether (sulfide) groups is 1. The highest BCUT2D eigenvalue weighted by Gasteiger charge is 2.23. The number of imidazole rings is 1. The first-order valence-corrected chi connectivity index (χ1v) is 9.30. The van der Waals surface area contributed by atoms with E-state index in [1.165, 1.54) is 23.9 Å². The lowest BCUT2D eigenvalue weighted by Gasteiger charge is -2.16.